The molecule has 1 heterocycles. The van der Waals surface area contributed by atoms with E-state index in [-0.39, 0.29) is 10.6 Å². The number of hydrogen-bond donors (Lipinski definition) is 1. The van der Waals surface area contributed by atoms with E-state index in [0.29, 0.717) is 0 Å². The average molecular weight is 399 g/mol. The van der Waals surface area contributed by atoms with Gasteiger partial charge in [-0.25, -0.2) is 4.79 Å². The zero-order chi connectivity index (χ0) is 19.6. The van der Waals surface area contributed by atoms with Gasteiger partial charge in [-0.3, -0.25) is 4.99 Å². The van der Waals surface area contributed by atoms with Gasteiger partial charge in [-0.15, -0.1) is 11.8 Å². The zero-order valence-corrected chi connectivity index (χ0v) is 16.8. The van der Waals surface area contributed by atoms with E-state index < -0.39 is 5.97 Å². The van der Waals surface area contributed by atoms with Crippen molar-refractivity contribution in [2.75, 3.05) is 6.26 Å². The lowest BCUT2D eigenvalue weighted by Crippen LogP contribution is -2.03. The molecule has 0 atom stereocenters. The highest BCUT2D eigenvalue weighted by molar-refractivity contribution is 7.98. The quantitative estimate of drug-likeness (QED) is 0.428. The van der Waals surface area contributed by atoms with Crippen LogP contribution in [0.25, 0.3) is 5.69 Å². The lowest BCUT2D eigenvalue weighted by Gasteiger charge is -2.11. The standard InChI is InChI=1S/C21H19ClN2O2S/c1-13-10-15(12-23-19-6-4-5-7-20(19)27-3)14(2)24(13)16-8-9-18(22)17(11-16)21(25)26/h4-12H,1-3H3,(H,25,26). The smallest absolute Gasteiger partial charge is 0.337 e. The monoisotopic (exact) mass is 398 g/mol. The Labute approximate surface area is 167 Å². The molecular weight excluding hydrogens is 380 g/mol. The molecule has 0 aliphatic carbocycles. The van der Waals surface area contributed by atoms with Crippen LogP contribution in [0.2, 0.25) is 5.02 Å². The van der Waals surface area contributed by atoms with Crippen LogP contribution < -0.4 is 0 Å². The fourth-order valence-electron chi connectivity index (χ4n) is 3.01. The van der Waals surface area contributed by atoms with Crippen molar-refractivity contribution in [2.24, 2.45) is 4.99 Å². The molecule has 0 fully saturated rings. The van der Waals surface area contributed by atoms with Crippen molar-refractivity contribution < 1.29 is 9.90 Å². The molecule has 1 N–H and O–H groups in total. The predicted molar refractivity (Wildman–Crippen MR) is 113 cm³/mol. The summed E-state index contributed by atoms with van der Waals surface area (Å²) in [5.41, 5.74) is 4.73. The van der Waals surface area contributed by atoms with Crippen LogP contribution in [0.3, 0.4) is 0 Å². The first-order chi connectivity index (χ1) is 12.9. The summed E-state index contributed by atoms with van der Waals surface area (Å²) in [6.45, 7) is 3.97. The Morgan fingerprint density at radius 2 is 1.93 bits per heavy atom. The normalized spacial score (nSPS) is 11.3. The summed E-state index contributed by atoms with van der Waals surface area (Å²) in [7, 11) is 0. The van der Waals surface area contributed by atoms with Gasteiger partial charge in [0.15, 0.2) is 0 Å². The van der Waals surface area contributed by atoms with Crippen molar-refractivity contribution >= 4 is 41.2 Å². The fraction of sp³-hybridized carbons (Fsp3) is 0.143. The molecule has 2 aromatic carbocycles. The van der Waals surface area contributed by atoms with Crippen molar-refractivity contribution in [1.82, 2.24) is 4.57 Å². The Hall–Kier alpha value is -2.50. The van der Waals surface area contributed by atoms with Gasteiger partial charge < -0.3 is 9.67 Å². The van der Waals surface area contributed by atoms with Crippen molar-refractivity contribution in [1.29, 1.82) is 0 Å². The minimum Gasteiger partial charge on any atom is -0.478 e. The van der Waals surface area contributed by atoms with Crippen LogP contribution in [0.15, 0.2) is 58.4 Å². The number of aryl methyl sites for hydroxylation is 1. The third-order valence-corrected chi connectivity index (χ3v) is 5.45. The lowest BCUT2D eigenvalue weighted by molar-refractivity contribution is 0.0697. The number of aromatic nitrogens is 1. The van der Waals surface area contributed by atoms with Crippen molar-refractivity contribution in [2.45, 2.75) is 18.7 Å². The highest BCUT2D eigenvalue weighted by atomic mass is 35.5. The molecule has 3 aromatic rings. The Balaban J connectivity index is 2.02. The van der Waals surface area contributed by atoms with Crippen LogP contribution in [-0.4, -0.2) is 28.1 Å². The molecular formula is C21H19ClN2O2S. The van der Waals surface area contributed by atoms with Crippen molar-refractivity contribution in [3.63, 3.8) is 0 Å². The lowest BCUT2D eigenvalue weighted by atomic mass is 10.2. The van der Waals surface area contributed by atoms with Gasteiger partial charge in [0.2, 0.25) is 0 Å². The SMILES string of the molecule is CSc1ccccc1N=Cc1cc(C)n(-c2ccc(Cl)c(C(=O)O)c2)c1C. The molecule has 0 saturated heterocycles. The number of rotatable bonds is 5. The van der Waals surface area contributed by atoms with Gasteiger partial charge in [0.25, 0.3) is 0 Å². The largest absolute Gasteiger partial charge is 0.478 e. The van der Waals surface area contributed by atoms with E-state index in [9.17, 15) is 9.90 Å². The third-order valence-electron chi connectivity index (χ3n) is 4.34. The summed E-state index contributed by atoms with van der Waals surface area (Å²) in [6.07, 6.45) is 3.88. The minimum atomic E-state index is -1.04. The maximum atomic E-state index is 11.4. The van der Waals surface area contributed by atoms with E-state index >= 15 is 0 Å². The summed E-state index contributed by atoms with van der Waals surface area (Å²) < 4.78 is 2.00. The predicted octanol–water partition coefficient (Wildman–Crippen LogP) is 5.92. The van der Waals surface area contributed by atoms with Gasteiger partial charge in [-0.05, 0) is 56.5 Å². The maximum absolute atomic E-state index is 11.4. The van der Waals surface area contributed by atoms with Crippen LogP contribution in [0.5, 0.6) is 0 Å². The molecule has 0 radical (unpaired) electrons. The highest BCUT2D eigenvalue weighted by Gasteiger charge is 2.14. The van der Waals surface area contributed by atoms with Crippen LogP contribution in [0.1, 0.15) is 27.3 Å². The second-order valence-corrected chi connectivity index (χ2v) is 7.32. The Morgan fingerprint density at radius 1 is 1.19 bits per heavy atom. The van der Waals surface area contributed by atoms with Gasteiger partial charge >= 0.3 is 5.97 Å². The second kappa shape index (κ2) is 8.03. The molecule has 27 heavy (non-hydrogen) atoms. The Bertz CT molecular complexity index is 1040. The minimum absolute atomic E-state index is 0.0887. The van der Waals surface area contributed by atoms with Gasteiger partial charge in [0.05, 0.1) is 16.3 Å². The van der Waals surface area contributed by atoms with Crippen LogP contribution in [0.4, 0.5) is 5.69 Å². The maximum Gasteiger partial charge on any atom is 0.337 e. The van der Waals surface area contributed by atoms with E-state index in [1.54, 1.807) is 23.9 Å². The van der Waals surface area contributed by atoms with Gasteiger partial charge in [0.1, 0.15) is 0 Å². The van der Waals surface area contributed by atoms with Crippen LogP contribution >= 0.6 is 23.4 Å². The van der Waals surface area contributed by atoms with Crippen molar-refractivity contribution in [3.8, 4) is 5.69 Å². The Morgan fingerprint density at radius 3 is 2.63 bits per heavy atom. The first kappa shape index (κ1) is 19.3. The van der Waals surface area contributed by atoms with E-state index in [1.807, 2.05) is 67.3 Å². The molecule has 0 unspecified atom stereocenters. The number of aromatic carboxylic acids is 1. The van der Waals surface area contributed by atoms with Crippen LogP contribution in [0, 0.1) is 13.8 Å². The number of halogens is 1. The molecule has 6 heteroatoms. The molecule has 0 bridgehead atoms. The fourth-order valence-corrected chi connectivity index (χ4v) is 3.75. The second-order valence-electron chi connectivity index (χ2n) is 6.06. The summed E-state index contributed by atoms with van der Waals surface area (Å²) in [6, 6.07) is 15.1. The summed E-state index contributed by atoms with van der Waals surface area (Å²) >= 11 is 7.65. The molecule has 0 saturated carbocycles. The summed E-state index contributed by atoms with van der Waals surface area (Å²) in [5.74, 6) is -1.04. The molecule has 0 amide bonds. The topological polar surface area (TPSA) is 54.6 Å². The zero-order valence-electron chi connectivity index (χ0n) is 15.2. The molecule has 0 aliphatic heterocycles. The number of thioether (sulfide) groups is 1. The third kappa shape index (κ3) is 3.94. The number of benzene rings is 2. The van der Waals surface area contributed by atoms with E-state index in [2.05, 4.69) is 4.99 Å². The molecule has 4 nitrogen and oxygen atoms in total. The van der Waals surface area contributed by atoms with Gasteiger partial charge in [0, 0.05) is 33.7 Å². The number of hydrogen-bond acceptors (Lipinski definition) is 3. The first-order valence-corrected chi connectivity index (χ1v) is 9.92. The molecule has 0 spiro atoms. The molecule has 1 aromatic heterocycles. The number of carboxylic acid groups (broad SMARTS) is 1. The Kier molecular flexibility index (Phi) is 5.73. The highest BCUT2D eigenvalue weighted by Crippen LogP contribution is 2.28. The molecule has 3 rings (SSSR count). The number of nitrogens with zero attached hydrogens (tertiary/aromatic N) is 2. The number of para-hydroxylation sites is 1. The van der Waals surface area contributed by atoms with E-state index in [4.69, 9.17) is 11.6 Å². The average Bonchev–Trinajstić information content (AvgIpc) is 2.94. The number of carbonyl (C=O) groups is 1. The molecule has 138 valence electrons. The number of aliphatic imine (C=N–C) groups is 1. The van der Waals surface area contributed by atoms with Crippen LogP contribution in [-0.2, 0) is 0 Å². The van der Waals surface area contributed by atoms with E-state index in [1.165, 1.54) is 0 Å². The number of carboxylic acids is 1. The van der Waals surface area contributed by atoms with E-state index in [0.717, 1.165) is 33.2 Å². The van der Waals surface area contributed by atoms with Gasteiger partial charge in [-0.1, -0.05) is 23.7 Å². The van der Waals surface area contributed by atoms with Gasteiger partial charge in [-0.2, -0.15) is 0 Å². The first-order valence-electron chi connectivity index (χ1n) is 8.31. The summed E-state index contributed by atoms with van der Waals surface area (Å²) in [5, 5.41) is 9.55. The van der Waals surface area contributed by atoms with Crippen molar-refractivity contribution in [3.05, 3.63) is 76.1 Å². The summed E-state index contributed by atoms with van der Waals surface area (Å²) in [4.78, 5) is 17.1. The molecule has 0 aliphatic rings.